The molecule has 0 aromatic rings. The Hall–Kier alpha value is -1.79. The first-order chi connectivity index (χ1) is 8.86. The fraction of sp³-hybridized carbons (Fsp3) is 0.750. The molecular weight excluding hydrogens is 250 g/mol. The molecule has 0 radical (unpaired) electrons. The largest absolute Gasteiger partial charge is 0.480 e. The van der Waals surface area contributed by atoms with Gasteiger partial charge in [0.2, 0.25) is 5.91 Å². The number of hydrogen-bond acceptors (Lipinski definition) is 3. The minimum Gasteiger partial charge on any atom is -0.480 e. The summed E-state index contributed by atoms with van der Waals surface area (Å²) in [6, 6.07) is -1.58. The lowest BCUT2D eigenvalue weighted by atomic mass is 10.2. The summed E-state index contributed by atoms with van der Waals surface area (Å²) in [5.74, 6) is -1.05. The number of carboxylic acids is 1. The number of amides is 3. The molecule has 0 aliphatic rings. The van der Waals surface area contributed by atoms with Gasteiger partial charge < -0.3 is 21.1 Å². The molecule has 110 valence electrons. The number of hydrogen-bond donors (Lipinski definition) is 4. The van der Waals surface area contributed by atoms with Gasteiger partial charge in [0, 0.05) is 6.54 Å². The van der Waals surface area contributed by atoms with E-state index in [1.54, 1.807) is 0 Å². The van der Waals surface area contributed by atoms with Crippen molar-refractivity contribution in [3.8, 4) is 0 Å². The Morgan fingerprint density at radius 1 is 1.16 bits per heavy atom. The summed E-state index contributed by atoms with van der Waals surface area (Å²) in [4.78, 5) is 33.6. The van der Waals surface area contributed by atoms with Crippen molar-refractivity contribution in [3.63, 3.8) is 0 Å². The van der Waals surface area contributed by atoms with Gasteiger partial charge in [-0.15, -0.1) is 0 Å². The predicted molar refractivity (Wildman–Crippen MR) is 70.7 cm³/mol. The minimum absolute atomic E-state index is 0.170. The van der Waals surface area contributed by atoms with Gasteiger partial charge in [0.1, 0.15) is 6.04 Å². The fourth-order valence-corrected chi connectivity index (χ4v) is 1.30. The number of carbonyl (C=O) groups is 3. The van der Waals surface area contributed by atoms with Gasteiger partial charge in [-0.05, 0) is 12.3 Å². The van der Waals surface area contributed by atoms with Crippen molar-refractivity contribution in [2.75, 3.05) is 13.1 Å². The van der Waals surface area contributed by atoms with Crippen LogP contribution in [0.3, 0.4) is 0 Å². The maximum atomic E-state index is 11.4. The standard InChI is InChI=1S/C12H23N3O4/c1-4-5-9(11(17)18)15-12(19)14-7-10(16)13-6-8(2)3/h8-9H,4-7H2,1-3H3,(H,13,16)(H,17,18)(H2,14,15,19). The molecule has 4 N–H and O–H groups in total. The average Bonchev–Trinajstić information content (AvgIpc) is 2.33. The van der Waals surface area contributed by atoms with Crippen molar-refractivity contribution in [2.24, 2.45) is 5.92 Å². The zero-order valence-corrected chi connectivity index (χ0v) is 11.7. The Bertz CT molecular complexity index is 318. The Labute approximate surface area is 113 Å². The number of aliphatic carboxylic acids is 1. The molecule has 0 aromatic carbocycles. The van der Waals surface area contributed by atoms with Gasteiger partial charge >= 0.3 is 12.0 Å². The van der Waals surface area contributed by atoms with E-state index in [0.29, 0.717) is 25.3 Å². The second-order valence-electron chi connectivity index (χ2n) is 4.70. The summed E-state index contributed by atoms with van der Waals surface area (Å²) in [5.41, 5.74) is 0. The summed E-state index contributed by atoms with van der Waals surface area (Å²) in [6.45, 7) is 6.12. The van der Waals surface area contributed by atoms with Crippen LogP contribution in [0.2, 0.25) is 0 Å². The zero-order valence-electron chi connectivity index (χ0n) is 11.7. The smallest absolute Gasteiger partial charge is 0.326 e. The second kappa shape index (κ2) is 9.18. The van der Waals surface area contributed by atoms with E-state index >= 15 is 0 Å². The van der Waals surface area contributed by atoms with Gasteiger partial charge in [-0.3, -0.25) is 4.79 Å². The van der Waals surface area contributed by atoms with E-state index < -0.39 is 18.0 Å². The van der Waals surface area contributed by atoms with E-state index in [1.807, 2.05) is 20.8 Å². The highest BCUT2D eigenvalue weighted by molar-refractivity contribution is 5.86. The highest BCUT2D eigenvalue weighted by Gasteiger charge is 2.18. The highest BCUT2D eigenvalue weighted by Crippen LogP contribution is 1.96. The zero-order chi connectivity index (χ0) is 14.8. The molecule has 0 aliphatic heterocycles. The van der Waals surface area contributed by atoms with Gasteiger partial charge in [0.15, 0.2) is 0 Å². The molecule has 0 aliphatic carbocycles. The summed E-state index contributed by atoms with van der Waals surface area (Å²) in [7, 11) is 0. The van der Waals surface area contributed by atoms with E-state index in [4.69, 9.17) is 5.11 Å². The molecule has 0 spiro atoms. The van der Waals surface area contributed by atoms with Crippen LogP contribution in [0.15, 0.2) is 0 Å². The predicted octanol–water partition coefficient (Wildman–Crippen LogP) is 0.311. The van der Waals surface area contributed by atoms with E-state index in [-0.39, 0.29) is 12.5 Å². The lowest BCUT2D eigenvalue weighted by Crippen LogP contribution is -2.48. The molecule has 0 saturated carbocycles. The molecule has 7 nitrogen and oxygen atoms in total. The molecule has 7 heteroatoms. The number of carbonyl (C=O) groups excluding carboxylic acids is 2. The topological polar surface area (TPSA) is 108 Å². The Morgan fingerprint density at radius 2 is 1.79 bits per heavy atom. The monoisotopic (exact) mass is 273 g/mol. The first-order valence-electron chi connectivity index (χ1n) is 6.40. The average molecular weight is 273 g/mol. The summed E-state index contributed by atoms with van der Waals surface area (Å²) >= 11 is 0. The van der Waals surface area contributed by atoms with Crippen molar-refractivity contribution in [1.29, 1.82) is 0 Å². The Kier molecular flexibility index (Phi) is 8.32. The highest BCUT2D eigenvalue weighted by atomic mass is 16.4. The van der Waals surface area contributed by atoms with E-state index in [0.717, 1.165) is 0 Å². The molecule has 1 atom stereocenters. The molecule has 0 saturated heterocycles. The molecule has 0 bridgehead atoms. The number of rotatable bonds is 8. The third kappa shape index (κ3) is 8.87. The minimum atomic E-state index is -1.08. The van der Waals surface area contributed by atoms with Crippen LogP contribution < -0.4 is 16.0 Å². The Balaban J connectivity index is 3.96. The molecular formula is C12H23N3O4. The van der Waals surface area contributed by atoms with Crippen LogP contribution in [0.1, 0.15) is 33.6 Å². The van der Waals surface area contributed by atoms with Crippen molar-refractivity contribution >= 4 is 17.9 Å². The summed E-state index contributed by atoms with van der Waals surface area (Å²) in [6.07, 6.45) is 0.994. The van der Waals surface area contributed by atoms with Crippen molar-refractivity contribution in [3.05, 3.63) is 0 Å². The van der Waals surface area contributed by atoms with Crippen LogP contribution >= 0.6 is 0 Å². The molecule has 0 fully saturated rings. The van der Waals surface area contributed by atoms with Crippen molar-refractivity contribution in [2.45, 2.75) is 39.7 Å². The van der Waals surface area contributed by atoms with E-state index in [2.05, 4.69) is 16.0 Å². The third-order valence-electron chi connectivity index (χ3n) is 2.30. The van der Waals surface area contributed by atoms with Crippen molar-refractivity contribution in [1.82, 2.24) is 16.0 Å². The number of urea groups is 1. The van der Waals surface area contributed by atoms with Crippen LogP contribution in [-0.2, 0) is 9.59 Å². The van der Waals surface area contributed by atoms with Crippen LogP contribution in [0, 0.1) is 5.92 Å². The molecule has 0 aromatic heterocycles. The van der Waals surface area contributed by atoms with Crippen LogP contribution in [-0.4, -0.2) is 42.1 Å². The van der Waals surface area contributed by atoms with Gasteiger partial charge in [0.05, 0.1) is 6.54 Å². The van der Waals surface area contributed by atoms with Gasteiger partial charge in [0.25, 0.3) is 0 Å². The fourth-order valence-electron chi connectivity index (χ4n) is 1.30. The number of nitrogens with one attached hydrogen (secondary N) is 3. The normalized spacial score (nSPS) is 11.8. The third-order valence-corrected chi connectivity index (χ3v) is 2.30. The quantitative estimate of drug-likeness (QED) is 0.510. The second-order valence-corrected chi connectivity index (χ2v) is 4.70. The maximum absolute atomic E-state index is 11.4. The van der Waals surface area contributed by atoms with Gasteiger partial charge in [-0.25, -0.2) is 9.59 Å². The van der Waals surface area contributed by atoms with Gasteiger partial charge in [-0.1, -0.05) is 27.2 Å². The lowest BCUT2D eigenvalue weighted by molar-refractivity contribution is -0.139. The van der Waals surface area contributed by atoms with Crippen molar-refractivity contribution < 1.29 is 19.5 Å². The van der Waals surface area contributed by atoms with Gasteiger partial charge in [-0.2, -0.15) is 0 Å². The first kappa shape index (κ1) is 17.2. The maximum Gasteiger partial charge on any atom is 0.326 e. The molecule has 0 heterocycles. The SMILES string of the molecule is CCCC(NC(=O)NCC(=O)NCC(C)C)C(=O)O. The van der Waals surface area contributed by atoms with Crippen LogP contribution in [0.4, 0.5) is 4.79 Å². The molecule has 3 amide bonds. The van der Waals surface area contributed by atoms with Crippen LogP contribution in [0.25, 0.3) is 0 Å². The van der Waals surface area contributed by atoms with E-state index in [9.17, 15) is 14.4 Å². The number of carboxylic acid groups (broad SMARTS) is 1. The van der Waals surface area contributed by atoms with Crippen LogP contribution in [0.5, 0.6) is 0 Å². The van der Waals surface area contributed by atoms with E-state index in [1.165, 1.54) is 0 Å². The Morgan fingerprint density at radius 3 is 2.26 bits per heavy atom. The lowest BCUT2D eigenvalue weighted by Gasteiger charge is -2.14. The molecule has 19 heavy (non-hydrogen) atoms. The molecule has 1 unspecified atom stereocenters. The summed E-state index contributed by atoms with van der Waals surface area (Å²) in [5, 5.41) is 16.1. The molecule has 0 rings (SSSR count). The summed E-state index contributed by atoms with van der Waals surface area (Å²) < 4.78 is 0. The first-order valence-corrected chi connectivity index (χ1v) is 6.40.